The first-order valence-electron chi connectivity index (χ1n) is 5.32. The minimum Gasteiger partial charge on any atom is -0.377 e. The van der Waals surface area contributed by atoms with Gasteiger partial charge in [0.15, 0.2) is 0 Å². The van der Waals surface area contributed by atoms with Crippen LogP contribution in [0.3, 0.4) is 0 Å². The summed E-state index contributed by atoms with van der Waals surface area (Å²) in [7, 11) is 0. The molecule has 0 bridgehead atoms. The highest BCUT2D eigenvalue weighted by Gasteiger charge is 2.15. The lowest BCUT2D eigenvalue weighted by Gasteiger charge is -2.20. The van der Waals surface area contributed by atoms with Crippen molar-refractivity contribution < 1.29 is 4.74 Å². The summed E-state index contributed by atoms with van der Waals surface area (Å²) in [4.78, 5) is 0. The molecule has 0 saturated carbocycles. The van der Waals surface area contributed by atoms with E-state index in [1.807, 2.05) is 18.2 Å². The van der Waals surface area contributed by atoms with E-state index >= 15 is 0 Å². The number of benzene rings is 1. The van der Waals surface area contributed by atoms with Gasteiger partial charge in [0.1, 0.15) is 0 Å². The van der Waals surface area contributed by atoms with Gasteiger partial charge in [-0.1, -0.05) is 44.2 Å². The Hall–Kier alpha value is -0.530. The molecule has 1 aromatic carbocycles. The van der Waals surface area contributed by atoms with E-state index in [2.05, 4.69) is 26.0 Å². The first-order chi connectivity index (χ1) is 7.14. The minimum atomic E-state index is 0.179. The zero-order valence-electron chi connectivity index (χ0n) is 9.50. The van der Waals surface area contributed by atoms with Crippen LogP contribution < -0.4 is 0 Å². The number of hydrogen-bond acceptors (Lipinski definition) is 1. The van der Waals surface area contributed by atoms with Gasteiger partial charge in [0.25, 0.3) is 0 Å². The number of rotatable bonds is 6. The summed E-state index contributed by atoms with van der Waals surface area (Å²) in [6.07, 6.45) is 1.00. The number of ether oxygens (including phenoxy) is 1. The molecule has 0 amide bonds. The van der Waals surface area contributed by atoms with Crippen LogP contribution in [0.1, 0.15) is 25.8 Å². The van der Waals surface area contributed by atoms with Crippen molar-refractivity contribution in [3.8, 4) is 0 Å². The molecular formula is C13H19ClO. The average Bonchev–Trinajstić information content (AvgIpc) is 2.26. The maximum Gasteiger partial charge on any atom is 0.0716 e. The first-order valence-corrected chi connectivity index (χ1v) is 5.85. The summed E-state index contributed by atoms with van der Waals surface area (Å²) in [5, 5.41) is 0. The van der Waals surface area contributed by atoms with Gasteiger partial charge in [0.05, 0.1) is 6.61 Å². The molecule has 0 aliphatic heterocycles. The van der Waals surface area contributed by atoms with E-state index in [0.717, 1.165) is 13.0 Å². The van der Waals surface area contributed by atoms with E-state index in [1.54, 1.807) is 0 Å². The molecule has 0 aromatic heterocycles. The molecule has 1 nitrogen and oxygen atoms in total. The second-order valence-corrected chi connectivity index (χ2v) is 4.85. The van der Waals surface area contributed by atoms with Gasteiger partial charge in [-0.05, 0) is 17.4 Å². The Morgan fingerprint density at radius 3 is 2.47 bits per heavy atom. The highest BCUT2D eigenvalue weighted by atomic mass is 35.5. The van der Waals surface area contributed by atoms with Crippen molar-refractivity contribution in [2.45, 2.75) is 26.9 Å². The molecule has 15 heavy (non-hydrogen) atoms. The molecule has 0 unspecified atom stereocenters. The third-order valence-electron chi connectivity index (χ3n) is 2.40. The Kier molecular flexibility index (Phi) is 5.13. The predicted molar refractivity (Wildman–Crippen MR) is 65.2 cm³/mol. The number of hydrogen-bond donors (Lipinski definition) is 0. The van der Waals surface area contributed by atoms with Gasteiger partial charge in [0.2, 0.25) is 0 Å². The zero-order valence-corrected chi connectivity index (χ0v) is 10.3. The molecule has 0 saturated heterocycles. The Morgan fingerprint density at radius 2 is 1.87 bits per heavy atom. The fraction of sp³-hybridized carbons (Fsp3) is 0.538. The normalized spacial score (nSPS) is 11.7. The molecule has 0 spiro atoms. The molecule has 1 rings (SSSR count). The van der Waals surface area contributed by atoms with Gasteiger partial charge in [0, 0.05) is 12.5 Å². The molecule has 1 aromatic rings. The molecule has 0 aliphatic carbocycles. The summed E-state index contributed by atoms with van der Waals surface area (Å²) in [6, 6.07) is 10.2. The van der Waals surface area contributed by atoms with Gasteiger partial charge in [-0.15, -0.1) is 11.6 Å². The summed E-state index contributed by atoms with van der Waals surface area (Å²) in [5.41, 5.74) is 1.40. The Bertz CT molecular complexity index is 269. The molecule has 0 fully saturated rings. The monoisotopic (exact) mass is 226 g/mol. The highest BCUT2D eigenvalue weighted by Crippen LogP contribution is 2.21. The summed E-state index contributed by atoms with van der Waals surface area (Å²) >= 11 is 5.83. The Labute approximate surface area is 97.4 Å². The largest absolute Gasteiger partial charge is 0.377 e. The topological polar surface area (TPSA) is 9.23 Å². The quantitative estimate of drug-likeness (QED) is 0.529. The zero-order chi connectivity index (χ0) is 11.1. The van der Waals surface area contributed by atoms with Crippen LogP contribution in [0.25, 0.3) is 0 Å². The minimum absolute atomic E-state index is 0.179. The van der Waals surface area contributed by atoms with Crippen LogP contribution in [0.4, 0.5) is 0 Å². The lowest BCUT2D eigenvalue weighted by molar-refractivity contribution is 0.0969. The van der Waals surface area contributed by atoms with E-state index in [9.17, 15) is 0 Å². The maximum atomic E-state index is 5.83. The lowest BCUT2D eigenvalue weighted by Crippen LogP contribution is -2.16. The van der Waals surface area contributed by atoms with Gasteiger partial charge in [-0.3, -0.25) is 0 Å². The fourth-order valence-electron chi connectivity index (χ4n) is 1.18. The molecule has 0 heterocycles. The summed E-state index contributed by atoms with van der Waals surface area (Å²) in [6.45, 7) is 5.78. The first kappa shape index (κ1) is 12.5. The maximum absolute atomic E-state index is 5.83. The Morgan fingerprint density at radius 1 is 1.20 bits per heavy atom. The van der Waals surface area contributed by atoms with Crippen molar-refractivity contribution in [2.24, 2.45) is 5.41 Å². The van der Waals surface area contributed by atoms with Gasteiger partial charge in [-0.2, -0.15) is 0 Å². The van der Waals surface area contributed by atoms with Crippen LogP contribution in [0.15, 0.2) is 30.3 Å². The molecule has 0 N–H and O–H groups in total. The standard InChI is InChI=1S/C13H19ClO/c1-13(2,11-14)8-9-15-10-12-6-4-3-5-7-12/h3-7H,8-11H2,1-2H3. The molecule has 0 radical (unpaired) electrons. The van der Waals surface area contributed by atoms with Crippen molar-refractivity contribution in [1.82, 2.24) is 0 Å². The van der Waals surface area contributed by atoms with E-state index < -0.39 is 0 Å². The fourth-order valence-corrected chi connectivity index (χ4v) is 1.31. The number of halogens is 1. The van der Waals surface area contributed by atoms with Crippen LogP contribution >= 0.6 is 11.6 Å². The van der Waals surface area contributed by atoms with Crippen LogP contribution in [-0.4, -0.2) is 12.5 Å². The van der Waals surface area contributed by atoms with Crippen LogP contribution in [-0.2, 0) is 11.3 Å². The number of alkyl halides is 1. The van der Waals surface area contributed by atoms with Crippen molar-refractivity contribution in [1.29, 1.82) is 0 Å². The lowest BCUT2D eigenvalue weighted by atomic mass is 9.93. The van der Waals surface area contributed by atoms with Crippen LogP contribution in [0, 0.1) is 5.41 Å². The average molecular weight is 227 g/mol. The molecule has 0 atom stereocenters. The second-order valence-electron chi connectivity index (χ2n) is 4.59. The van der Waals surface area contributed by atoms with Crippen molar-refractivity contribution in [3.63, 3.8) is 0 Å². The van der Waals surface area contributed by atoms with E-state index in [4.69, 9.17) is 16.3 Å². The SMILES string of the molecule is CC(C)(CCl)CCOCc1ccccc1. The van der Waals surface area contributed by atoms with Gasteiger partial charge in [-0.25, -0.2) is 0 Å². The van der Waals surface area contributed by atoms with Crippen molar-refractivity contribution >= 4 is 11.6 Å². The summed E-state index contributed by atoms with van der Waals surface area (Å²) in [5.74, 6) is 0.682. The van der Waals surface area contributed by atoms with Crippen LogP contribution in [0.5, 0.6) is 0 Å². The van der Waals surface area contributed by atoms with E-state index in [0.29, 0.717) is 12.5 Å². The van der Waals surface area contributed by atoms with Crippen molar-refractivity contribution in [2.75, 3.05) is 12.5 Å². The predicted octanol–water partition coefficient (Wildman–Crippen LogP) is 3.86. The van der Waals surface area contributed by atoms with Gasteiger partial charge >= 0.3 is 0 Å². The Balaban J connectivity index is 2.18. The van der Waals surface area contributed by atoms with Gasteiger partial charge < -0.3 is 4.74 Å². The highest BCUT2D eigenvalue weighted by molar-refractivity contribution is 6.18. The van der Waals surface area contributed by atoms with Crippen LogP contribution in [0.2, 0.25) is 0 Å². The molecular weight excluding hydrogens is 208 g/mol. The van der Waals surface area contributed by atoms with E-state index in [-0.39, 0.29) is 5.41 Å². The second kappa shape index (κ2) is 6.14. The molecule has 2 heteroatoms. The van der Waals surface area contributed by atoms with Crippen molar-refractivity contribution in [3.05, 3.63) is 35.9 Å². The summed E-state index contributed by atoms with van der Waals surface area (Å²) < 4.78 is 5.60. The smallest absolute Gasteiger partial charge is 0.0716 e. The third-order valence-corrected chi connectivity index (χ3v) is 3.12. The van der Waals surface area contributed by atoms with E-state index in [1.165, 1.54) is 5.56 Å². The molecule has 84 valence electrons. The third kappa shape index (κ3) is 5.19. The molecule has 0 aliphatic rings.